The highest BCUT2D eigenvalue weighted by atomic mass is 32.1. The molecule has 0 spiro atoms. The molecule has 0 fully saturated rings. The number of fused-ring (bicyclic) bond motifs is 1. The van der Waals surface area contributed by atoms with E-state index in [1.165, 1.54) is 11.3 Å². The van der Waals surface area contributed by atoms with Gasteiger partial charge in [0.15, 0.2) is 0 Å². The van der Waals surface area contributed by atoms with Crippen molar-refractivity contribution in [3.8, 4) is 23.1 Å². The highest BCUT2D eigenvalue weighted by Gasteiger charge is 2.10. The van der Waals surface area contributed by atoms with Crippen LogP contribution in [0.2, 0.25) is 0 Å². The summed E-state index contributed by atoms with van der Waals surface area (Å²) in [7, 11) is 1.64. The molecule has 0 unspecified atom stereocenters. The Morgan fingerprint density at radius 3 is 2.69 bits per heavy atom. The second-order valence-corrected chi connectivity index (χ2v) is 7.27. The molecule has 0 amide bonds. The van der Waals surface area contributed by atoms with E-state index in [0.717, 1.165) is 39.3 Å². The van der Waals surface area contributed by atoms with E-state index in [0.29, 0.717) is 10.6 Å². The first-order chi connectivity index (χ1) is 14.2. The van der Waals surface area contributed by atoms with Crippen molar-refractivity contribution in [2.45, 2.75) is 6.92 Å². The van der Waals surface area contributed by atoms with Crippen molar-refractivity contribution >= 4 is 33.5 Å². The van der Waals surface area contributed by atoms with E-state index in [9.17, 15) is 5.26 Å². The van der Waals surface area contributed by atoms with Crippen LogP contribution in [0, 0.1) is 18.3 Å². The van der Waals surface area contributed by atoms with Gasteiger partial charge in [0.05, 0.1) is 24.0 Å². The number of pyridine rings is 1. The van der Waals surface area contributed by atoms with Crippen LogP contribution in [0.15, 0.2) is 66.2 Å². The summed E-state index contributed by atoms with van der Waals surface area (Å²) in [5.74, 6) is 0.796. The van der Waals surface area contributed by atoms with Crippen LogP contribution < -0.4 is 10.1 Å². The second kappa shape index (κ2) is 8.13. The Bertz CT molecular complexity index is 1240. The number of methoxy groups -OCH3 is 1. The van der Waals surface area contributed by atoms with E-state index in [-0.39, 0.29) is 0 Å². The van der Waals surface area contributed by atoms with Gasteiger partial charge in [-0.15, -0.1) is 11.3 Å². The fourth-order valence-corrected chi connectivity index (χ4v) is 3.74. The van der Waals surface area contributed by atoms with E-state index >= 15 is 0 Å². The van der Waals surface area contributed by atoms with E-state index in [1.54, 1.807) is 13.3 Å². The zero-order valence-corrected chi connectivity index (χ0v) is 16.8. The maximum Gasteiger partial charge on any atom is 0.136 e. The van der Waals surface area contributed by atoms with Crippen molar-refractivity contribution < 1.29 is 4.74 Å². The first-order valence-electron chi connectivity index (χ1n) is 9.01. The number of nitriles is 1. The summed E-state index contributed by atoms with van der Waals surface area (Å²) in [4.78, 5) is 9.24. The van der Waals surface area contributed by atoms with Gasteiger partial charge >= 0.3 is 0 Å². The van der Waals surface area contributed by atoms with Crippen LogP contribution >= 0.6 is 11.3 Å². The lowest BCUT2D eigenvalue weighted by Crippen LogP contribution is -1.94. The van der Waals surface area contributed by atoms with Gasteiger partial charge in [0.25, 0.3) is 0 Å². The average molecular weight is 398 g/mol. The molecule has 0 radical (unpaired) electrons. The number of anilines is 1. The summed E-state index contributed by atoms with van der Waals surface area (Å²) in [6, 6.07) is 19.9. The number of hydrogen-bond acceptors (Lipinski definition) is 6. The molecule has 5 nitrogen and oxygen atoms in total. The molecule has 2 aromatic carbocycles. The summed E-state index contributed by atoms with van der Waals surface area (Å²) in [5, 5.41) is 16.5. The Balaban J connectivity index is 1.61. The number of aromatic nitrogens is 2. The van der Waals surface area contributed by atoms with Crippen LogP contribution in [0.25, 0.3) is 27.7 Å². The predicted octanol–water partition coefficient (Wildman–Crippen LogP) is 5.65. The first kappa shape index (κ1) is 18.7. The van der Waals surface area contributed by atoms with Crippen molar-refractivity contribution in [2.75, 3.05) is 12.4 Å². The summed E-state index contributed by atoms with van der Waals surface area (Å²) in [5.41, 5.74) is 4.95. The van der Waals surface area contributed by atoms with Crippen molar-refractivity contribution in [3.63, 3.8) is 0 Å². The van der Waals surface area contributed by atoms with E-state index < -0.39 is 0 Å². The number of rotatable bonds is 5. The quantitative estimate of drug-likeness (QED) is 0.440. The number of ether oxygens (including phenoxy) is 1. The van der Waals surface area contributed by atoms with Gasteiger partial charge in [0.2, 0.25) is 0 Å². The standard InChI is InChI=1S/C23H18N4OS/c1-15-6-7-17-4-3-5-20(22(17)26-15)25-13-18(12-24)23-27-21(14-29-23)16-8-10-19(28-2)11-9-16/h3-11,13-14,25H,1-2H3/b18-13-. The molecule has 0 saturated heterocycles. The molecule has 0 saturated carbocycles. The van der Waals surface area contributed by atoms with Gasteiger partial charge in [-0.25, -0.2) is 4.98 Å². The van der Waals surface area contributed by atoms with E-state index in [1.807, 2.05) is 66.9 Å². The molecule has 2 heterocycles. The summed E-state index contributed by atoms with van der Waals surface area (Å²) in [6.45, 7) is 1.96. The topological polar surface area (TPSA) is 70.8 Å². The monoisotopic (exact) mass is 398 g/mol. The third-order valence-electron chi connectivity index (χ3n) is 4.47. The van der Waals surface area contributed by atoms with E-state index in [4.69, 9.17) is 4.74 Å². The number of para-hydroxylation sites is 1. The Morgan fingerprint density at radius 1 is 1.10 bits per heavy atom. The minimum atomic E-state index is 0.472. The van der Waals surface area contributed by atoms with Gasteiger partial charge in [0.1, 0.15) is 22.4 Å². The van der Waals surface area contributed by atoms with Gasteiger partial charge in [-0.05, 0) is 43.3 Å². The zero-order chi connectivity index (χ0) is 20.2. The molecule has 142 valence electrons. The molecule has 4 rings (SSSR count). The molecular formula is C23H18N4OS. The van der Waals surface area contributed by atoms with Gasteiger partial charge in [0, 0.05) is 28.2 Å². The molecule has 0 aliphatic rings. The Kier molecular flexibility index (Phi) is 5.23. The summed E-state index contributed by atoms with van der Waals surface area (Å²) < 4.78 is 5.19. The third kappa shape index (κ3) is 3.96. The summed E-state index contributed by atoms with van der Waals surface area (Å²) in [6.07, 6.45) is 1.69. The van der Waals surface area contributed by atoms with Crippen molar-refractivity contribution in [1.82, 2.24) is 9.97 Å². The van der Waals surface area contributed by atoms with Crippen molar-refractivity contribution in [2.24, 2.45) is 0 Å². The Morgan fingerprint density at radius 2 is 1.93 bits per heavy atom. The average Bonchev–Trinajstić information content (AvgIpc) is 3.24. The zero-order valence-electron chi connectivity index (χ0n) is 16.0. The fourth-order valence-electron chi connectivity index (χ4n) is 2.94. The largest absolute Gasteiger partial charge is 0.497 e. The number of thiazole rings is 1. The number of aryl methyl sites for hydroxylation is 1. The Labute approximate surface area is 172 Å². The molecular weight excluding hydrogens is 380 g/mol. The number of benzene rings is 2. The van der Waals surface area contributed by atoms with Crippen LogP contribution in [0.4, 0.5) is 5.69 Å². The lowest BCUT2D eigenvalue weighted by Gasteiger charge is -2.06. The van der Waals surface area contributed by atoms with Crippen LogP contribution in [-0.2, 0) is 0 Å². The van der Waals surface area contributed by atoms with Gasteiger partial charge in [-0.1, -0.05) is 18.2 Å². The molecule has 0 bridgehead atoms. The third-order valence-corrected chi connectivity index (χ3v) is 5.35. The lowest BCUT2D eigenvalue weighted by molar-refractivity contribution is 0.415. The molecule has 29 heavy (non-hydrogen) atoms. The maximum absolute atomic E-state index is 9.64. The van der Waals surface area contributed by atoms with Crippen molar-refractivity contribution in [3.05, 3.63) is 76.9 Å². The molecule has 2 aromatic heterocycles. The van der Waals surface area contributed by atoms with Crippen LogP contribution in [0.5, 0.6) is 5.75 Å². The van der Waals surface area contributed by atoms with Crippen molar-refractivity contribution in [1.29, 1.82) is 5.26 Å². The lowest BCUT2D eigenvalue weighted by atomic mass is 10.1. The normalized spacial score (nSPS) is 11.3. The van der Waals surface area contributed by atoms with Gasteiger partial charge in [-0.3, -0.25) is 4.98 Å². The number of nitrogens with zero attached hydrogens (tertiary/aromatic N) is 3. The maximum atomic E-state index is 9.64. The number of allylic oxidation sites excluding steroid dienone is 1. The minimum Gasteiger partial charge on any atom is -0.497 e. The number of nitrogens with one attached hydrogen (secondary N) is 1. The molecule has 4 aromatic rings. The molecule has 0 atom stereocenters. The highest BCUT2D eigenvalue weighted by Crippen LogP contribution is 2.28. The summed E-state index contributed by atoms with van der Waals surface area (Å²) >= 11 is 1.44. The predicted molar refractivity (Wildman–Crippen MR) is 118 cm³/mol. The smallest absolute Gasteiger partial charge is 0.136 e. The number of hydrogen-bond donors (Lipinski definition) is 1. The first-order valence-corrected chi connectivity index (χ1v) is 9.89. The Hall–Kier alpha value is -3.69. The molecule has 0 aliphatic heterocycles. The van der Waals surface area contributed by atoms with Gasteiger partial charge in [-0.2, -0.15) is 5.26 Å². The SMILES string of the molecule is COc1ccc(-c2csc(/C(C#N)=C\Nc3cccc4ccc(C)nc34)n2)cc1. The molecule has 6 heteroatoms. The van der Waals surface area contributed by atoms with Crippen LogP contribution in [0.1, 0.15) is 10.7 Å². The highest BCUT2D eigenvalue weighted by molar-refractivity contribution is 7.11. The van der Waals surface area contributed by atoms with E-state index in [2.05, 4.69) is 21.4 Å². The van der Waals surface area contributed by atoms with Crippen LogP contribution in [0.3, 0.4) is 0 Å². The molecule has 0 aliphatic carbocycles. The fraction of sp³-hybridized carbons (Fsp3) is 0.0870. The van der Waals surface area contributed by atoms with Gasteiger partial charge < -0.3 is 10.1 Å². The van der Waals surface area contributed by atoms with Crippen LogP contribution in [-0.4, -0.2) is 17.1 Å². The molecule has 1 N–H and O–H groups in total. The second-order valence-electron chi connectivity index (χ2n) is 6.41. The minimum absolute atomic E-state index is 0.472.